The van der Waals surface area contributed by atoms with Crippen LogP contribution in [0.15, 0.2) is 24.3 Å². The van der Waals surface area contributed by atoms with Gasteiger partial charge in [-0.3, -0.25) is 4.79 Å². The van der Waals surface area contributed by atoms with Crippen LogP contribution in [0.4, 0.5) is 0 Å². The smallest absolute Gasteiger partial charge is 0.158 e. The van der Waals surface area contributed by atoms with Crippen LogP contribution < -0.4 is 0 Å². The summed E-state index contributed by atoms with van der Waals surface area (Å²) in [5, 5.41) is 0. The molecule has 0 spiro atoms. The van der Waals surface area contributed by atoms with Gasteiger partial charge in [0.15, 0.2) is 5.78 Å². The summed E-state index contributed by atoms with van der Waals surface area (Å²) in [6.07, 6.45) is 5.68. The lowest BCUT2D eigenvalue weighted by Crippen LogP contribution is -1.95. The Morgan fingerprint density at radius 1 is 1.70 bits per heavy atom. The first-order valence-electron chi connectivity index (χ1n) is 3.60. The second-order valence-electron chi connectivity index (χ2n) is 2.62. The number of rotatable bonds is 1. The van der Waals surface area contributed by atoms with Crippen molar-refractivity contribution in [1.29, 1.82) is 0 Å². The van der Waals surface area contributed by atoms with Crippen LogP contribution in [0.1, 0.15) is 19.8 Å². The number of carbonyl (C=O) groups excluding carboxylic acids is 1. The predicted molar refractivity (Wildman–Crippen MR) is 41.7 cm³/mol. The van der Waals surface area contributed by atoms with Gasteiger partial charge in [0, 0.05) is 12.3 Å². The molecule has 1 aliphatic rings. The van der Waals surface area contributed by atoms with Crippen LogP contribution in [0.3, 0.4) is 0 Å². The van der Waals surface area contributed by atoms with E-state index in [0.717, 1.165) is 12.0 Å². The summed E-state index contributed by atoms with van der Waals surface area (Å²) >= 11 is 0. The van der Waals surface area contributed by atoms with Gasteiger partial charge in [0.25, 0.3) is 0 Å². The van der Waals surface area contributed by atoms with Gasteiger partial charge in [0.2, 0.25) is 0 Å². The van der Waals surface area contributed by atoms with Gasteiger partial charge < -0.3 is 0 Å². The molecule has 1 nitrogen and oxygen atoms in total. The van der Waals surface area contributed by atoms with E-state index >= 15 is 0 Å². The maximum atomic E-state index is 10.9. The lowest BCUT2D eigenvalue weighted by Gasteiger charge is -1.99. The first-order valence-corrected chi connectivity index (χ1v) is 3.60. The van der Waals surface area contributed by atoms with Crippen molar-refractivity contribution in [2.75, 3.05) is 0 Å². The molecule has 0 radical (unpaired) electrons. The lowest BCUT2D eigenvalue weighted by atomic mass is 10.0. The van der Waals surface area contributed by atoms with Crippen LogP contribution in [-0.4, -0.2) is 5.78 Å². The van der Waals surface area contributed by atoms with Gasteiger partial charge in [0.05, 0.1) is 0 Å². The molecule has 0 amide bonds. The monoisotopic (exact) mass is 136 g/mol. The van der Waals surface area contributed by atoms with Gasteiger partial charge in [0.1, 0.15) is 0 Å². The van der Waals surface area contributed by atoms with Crippen LogP contribution in [0.2, 0.25) is 0 Å². The number of carbonyl (C=O) groups is 1. The Labute approximate surface area is 61.4 Å². The summed E-state index contributed by atoms with van der Waals surface area (Å²) in [7, 11) is 0. The Morgan fingerprint density at radius 3 is 2.80 bits per heavy atom. The van der Waals surface area contributed by atoms with Crippen molar-refractivity contribution in [3.63, 3.8) is 0 Å². The van der Waals surface area contributed by atoms with Crippen molar-refractivity contribution < 1.29 is 4.79 Å². The maximum absolute atomic E-state index is 10.9. The first kappa shape index (κ1) is 7.26. The summed E-state index contributed by atoms with van der Waals surface area (Å²) in [6.45, 7) is 5.70. The van der Waals surface area contributed by atoms with E-state index in [1.807, 2.05) is 19.1 Å². The maximum Gasteiger partial charge on any atom is 0.158 e. The number of Topliss-reactive ketones (excluding diaryl/α,β-unsaturated/α-hetero) is 1. The summed E-state index contributed by atoms with van der Waals surface area (Å²) in [5.41, 5.74) is 0.790. The van der Waals surface area contributed by atoms with Crippen molar-refractivity contribution in [1.82, 2.24) is 0 Å². The van der Waals surface area contributed by atoms with E-state index in [9.17, 15) is 4.79 Å². The molecule has 1 rings (SSSR count). The highest BCUT2D eigenvalue weighted by Crippen LogP contribution is 2.27. The topological polar surface area (TPSA) is 17.1 Å². The van der Waals surface area contributed by atoms with Gasteiger partial charge >= 0.3 is 0 Å². The van der Waals surface area contributed by atoms with E-state index in [0.29, 0.717) is 12.3 Å². The molecule has 1 heteroatoms. The van der Waals surface area contributed by atoms with Gasteiger partial charge in [-0.05, 0) is 18.9 Å². The molecule has 0 aromatic heterocycles. The molecule has 0 bridgehead atoms. The molecule has 10 heavy (non-hydrogen) atoms. The summed E-state index contributed by atoms with van der Waals surface area (Å²) in [5.74, 6) is 0.570. The molecule has 0 N–H and O–H groups in total. The van der Waals surface area contributed by atoms with Crippen LogP contribution in [0, 0.1) is 5.92 Å². The number of allylic oxidation sites excluding steroid dienone is 3. The number of ketones is 1. The fourth-order valence-corrected chi connectivity index (χ4v) is 1.27. The molecular formula is C9H12O. The number of hydrogen-bond acceptors (Lipinski definition) is 1. The van der Waals surface area contributed by atoms with Gasteiger partial charge in [-0.1, -0.05) is 18.7 Å². The van der Waals surface area contributed by atoms with E-state index < -0.39 is 0 Å². The van der Waals surface area contributed by atoms with Crippen molar-refractivity contribution in [3.05, 3.63) is 24.3 Å². The third kappa shape index (κ3) is 1.18. The molecule has 0 aromatic carbocycles. The molecule has 0 aromatic rings. The highest BCUT2D eigenvalue weighted by molar-refractivity contribution is 5.97. The van der Waals surface area contributed by atoms with Gasteiger partial charge in [-0.25, -0.2) is 0 Å². The van der Waals surface area contributed by atoms with Crippen LogP contribution in [0.25, 0.3) is 0 Å². The van der Waals surface area contributed by atoms with Gasteiger partial charge in [-0.2, -0.15) is 0 Å². The van der Waals surface area contributed by atoms with Crippen molar-refractivity contribution in [2.45, 2.75) is 19.8 Å². The molecule has 0 aliphatic heterocycles. The van der Waals surface area contributed by atoms with Crippen molar-refractivity contribution in [2.24, 2.45) is 5.92 Å². The molecule has 1 fully saturated rings. The summed E-state index contributed by atoms with van der Waals surface area (Å²) in [6, 6.07) is 0. The summed E-state index contributed by atoms with van der Waals surface area (Å²) < 4.78 is 0. The van der Waals surface area contributed by atoms with Gasteiger partial charge in [-0.15, -0.1) is 0 Å². The highest BCUT2D eigenvalue weighted by atomic mass is 16.1. The highest BCUT2D eigenvalue weighted by Gasteiger charge is 2.23. The van der Waals surface area contributed by atoms with E-state index in [-0.39, 0.29) is 5.78 Å². The fraction of sp³-hybridized carbons (Fsp3) is 0.444. The average Bonchev–Trinajstić information content (AvgIpc) is 2.20. The Kier molecular flexibility index (Phi) is 2.05. The standard InChI is InChI=1S/C9H12O/c1-3-4-8-5-6-9(10)7(8)2/h3-4,8H,2,5-6H2,1H3. The van der Waals surface area contributed by atoms with Crippen LogP contribution >= 0.6 is 0 Å². The quantitative estimate of drug-likeness (QED) is 0.398. The zero-order valence-corrected chi connectivity index (χ0v) is 6.26. The SMILES string of the molecule is C=C1C(=O)CCC1C=CC. The zero-order chi connectivity index (χ0) is 7.56. The molecule has 1 unspecified atom stereocenters. The van der Waals surface area contributed by atoms with Crippen molar-refractivity contribution in [3.8, 4) is 0 Å². The molecule has 1 aliphatic carbocycles. The van der Waals surface area contributed by atoms with E-state index in [1.165, 1.54) is 0 Å². The first-order chi connectivity index (χ1) is 4.75. The minimum Gasteiger partial charge on any atom is -0.295 e. The minimum atomic E-state index is 0.239. The third-order valence-electron chi connectivity index (χ3n) is 1.91. The molecule has 1 atom stereocenters. The Hall–Kier alpha value is -0.850. The average molecular weight is 136 g/mol. The molecule has 0 heterocycles. The summed E-state index contributed by atoms with van der Waals surface area (Å²) in [4.78, 5) is 10.9. The minimum absolute atomic E-state index is 0.239. The number of hydrogen-bond donors (Lipinski definition) is 0. The zero-order valence-electron chi connectivity index (χ0n) is 6.26. The van der Waals surface area contributed by atoms with E-state index in [2.05, 4.69) is 6.58 Å². The van der Waals surface area contributed by atoms with Crippen molar-refractivity contribution >= 4 is 5.78 Å². The Balaban J connectivity index is 2.66. The molecular weight excluding hydrogens is 124 g/mol. The Bertz CT molecular complexity index is 189. The van der Waals surface area contributed by atoms with E-state index in [1.54, 1.807) is 0 Å². The van der Waals surface area contributed by atoms with Crippen LogP contribution in [-0.2, 0) is 4.79 Å². The molecule has 1 saturated carbocycles. The fourth-order valence-electron chi connectivity index (χ4n) is 1.27. The lowest BCUT2D eigenvalue weighted by molar-refractivity contribution is -0.114. The van der Waals surface area contributed by atoms with E-state index in [4.69, 9.17) is 0 Å². The Morgan fingerprint density at radius 2 is 2.40 bits per heavy atom. The second-order valence-corrected chi connectivity index (χ2v) is 2.62. The molecule has 0 saturated heterocycles. The second kappa shape index (κ2) is 2.82. The van der Waals surface area contributed by atoms with Crippen LogP contribution in [0.5, 0.6) is 0 Å². The third-order valence-corrected chi connectivity index (χ3v) is 1.91. The largest absolute Gasteiger partial charge is 0.295 e. The normalized spacial score (nSPS) is 26.7. The molecule has 54 valence electrons. The predicted octanol–water partition coefficient (Wildman–Crippen LogP) is 2.10.